The summed E-state index contributed by atoms with van der Waals surface area (Å²) >= 11 is 3.47. The van der Waals surface area contributed by atoms with Gasteiger partial charge in [0.1, 0.15) is 22.3 Å². The van der Waals surface area contributed by atoms with E-state index < -0.39 is 0 Å². The topological polar surface area (TPSA) is 141 Å². The van der Waals surface area contributed by atoms with E-state index in [4.69, 9.17) is 53.7 Å². The number of hydrogen-bond acceptors (Lipinski definition) is 12. The minimum Gasteiger partial charge on any atom is -0.456 e. The van der Waals surface area contributed by atoms with E-state index in [9.17, 15) is 0 Å². The molecule has 558 valence electrons. The zero-order valence-electron chi connectivity index (χ0n) is 64.0. The normalized spacial score (nSPS) is 12.0. The second-order valence-corrected chi connectivity index (χ2v) is 31.6. The van der Waals surface area contributed by atoms with Gasteiger partial charge in [0.05, 0.1) is 37.5 Å². The summed E-state index contributed by atoms with van der Waals surface area (Å²) in [4.78, 5) is 47.7. The largest absolute Gasteiger partial charge is 0.456 e. The predicted octanol–water partition coefficient (Wildman–Crippen LogP) is 28.2. The van der Waals surface area contributed by atoms with Gasteiger partial charge < -0.3 is 8.83 Å². The Bertz CT molecular complexity index is 7800. The van der Waals surface area contributed by atoms with Crippen molar-refractivity contribution in [2.75, 3.05) is 0 Å². The summed E-state index contributed by atoms with van der Waals surface area (Å²) in [5, 5.41) is 5.86. The molecule has 15 aromatic carbocycles. The number of aromatic nitrogens is 7. The van der Waals surface area contributed by atoms with Crippen LogP contribution in [0.3, 0.4) is 0 Å². The van der Waals surface area contributed by atoms with Gasteiger partial charge >= 0.3 is 0 Å². The zero-order valence-corrected chi connectivity index (χ0v) is 65.6. The van der Waals surface area contributed by atoms with Crippen LogP contribution in [0.4, 0.5) is 0 Å². The number of aliphatic imine (C=N–C) groups is 2. The molecule has 0 aliphatic heterocycles. The lowest BCUT2D eigenvalue weighted by Crippen LogP contribution is -2.05. The fourth-order valence-electron chi connectivity index (χ4n) is 16.2. The highest BCUT2D eigenvalue weighted by Gasteiger charge is 2.26. The first-order valence-corrected chi connectivity index (χ1v) is 41.0. The number of fused-ring (bicyclic) bond motifs is 12. The fourth-order valence-corrected chi connectivity index (χ4v) is 18.5. The number of furan rings is 2. The van der Waals surface area contributed by atoms with Gasteiger partial charge in [0.2, 0.25) is 0 Å². The fraction of sp³-hybridized carbons (Fsp3) is 0.00943. The van der Waals surface area contributed by atoms with Crippen LogP contribution in [0.25, 0.3) is 214 Å². The molecule has 0 fully saturated rings. The molecule has 22 aromatic rings. The number of benzene rings is 15. The molecule has 0 amide bonds. The van der Waals surface area contributed by atoms with Crippen molar-refractivity contribution in [3.05, 3.63) is 387 Å². The number of amidine groups is 1. The van der Waals surface area contributed by atoms with Gasteiger partial charge in [-0.15, -0.1) is 22.7 Å². The van der Waals surface area contributed by atoms with Gasteiger partial charge in [-0.1, -0.05) is 304 Å². The summed E-state index contributed by atoms with van der Waals surface area (Å²) in [7, 11) is 0. The summed E-state index contributed by atoms with van der Waals surface area (Å²) in [5.41, 5.74) is 25.0. The molecule has 7 aromatic heterocycles. The summed E-state index contributed by atoms with van der Waals surface area (Å²) in [6.07, 6.45) is 0. The van der Waals surface area contributed by atoms with Crippen molar-refractivity contribution in [3.63, 3.8) is 0 Å². The van der Waals surface area contributed by atoms with E-state index >= 15 is 0 Å². The van der Waals surface area contributed by atoms with Crippen molar-refractivity contribution in [2.24, 2.45) is 9.98 Å². The molecular formula is C106H65N9O2S2. The number of hydrogen-bond donors (Lipinski definition) is 0. The average molecular weight is 1560 g/mol. The Hall–Kier alpha value is -15.4. The highest BCUT2D eigenvalue weighted by molar-refractivity contribution is 7.26. The molecule has 0 saturated carbocycles. The van der Waals surface area contributed by atoms with Gasteiger partial charge in [-0.2, -0.15) is 0 Å². The van der Waals surface area contributed by atoms with Crippen molar-refractivity contribution >= 4 is 124 Å². The summed E-state index contributed by atoms with van der Waals surface area (Å²) < 4.78 is 18.4. The molecule has 0 spiro atoms. The van der Waals surface area contributed by atoms with Gasteiger partial charge in [0, 0.05) is 103 Å². The van der Waals surface area contributed by atoms with Gasteiger partial charge in [0.15, 0.2) is 35.0 Å². The number of thiophene rings is 2. The van der Waals surface area contributed by atoms with E-state index in [0.717, 1.165) is 181 Å². The Labute approximate surface area is 691 Å². The van der Waals surface area contributed by atoms with Crippen LogP contribution in [0.5, 0.6) is 0 Å². The minimum absolute atomic E-state index is 0.501. The van der Waals surface area contributed by atoms with Gasteiger partial charge in [-0.25, -0.2) is 44.9 Å². The van der Waals surface area contributed by atoms with Gasteiger partial charge in [0.25, 0.3) is 0 Å². The van der Waals surface area contributed by atoms with Crippen LogP contribution in [0.15, 0.2) is 389 Å². The molecule has 7 heterocycles. The summed E-state index contributed by atoms with van der Waals surface area (Å²) in [6.45, 7) is 6.71. The van der Waals surface area contributed by atoms with E-state index in [1.54, 1.807) is 22.7 Å². The Morgan fingerprint density at radius 1 is 0.286 bits per heavy atom. The molecule has 11 nitrogen and oxygen atoms in total. The van der Waals surface area contributed by atoms with Crippen molar-refractivity contribution in [3.8, 4) is 124 Å². The molecule has 0 bridgehead atoms. The monoisotopic (exact) mass is 1560 g/mol. The van der Waals surface area contributed by atoms with E-state index in [1.165, 1.54) is 9.40 Å². The lowest BCUT2D eigenvalue weighted by Gasteiger charge is -2.12. The van der Waals surface area contributed by atoms with Crippen LogP contribution >= 0.6 is 22.7 Å². The molecule has 0 aliphatic carbocycles. The second kappa shape index (κ2) is 29.5. The zero-order chi connectivity index (χ0) is 79.0. The highest BCUT2D eigenvalue weighted by Crippen LogP contribution is 2.47. The molecule has 0 aliphatic rings. The number of rotatable bonds is 15. The minimum atomic E-state index is 0.501. The highest BCUT2D eigenvalue weighted by atomic mass is 32.1. The third-order valence-corrected chi connectivity index (χ3v) is 24.5. The summed E-state index contributed by atoms with van der Waals surface area (Å²) in [6, 6.07) is 125. The first kappa shape index (κ1) is 70.2. The smallest absolute Gasteiger partial charge is 0.164 e. The van der Waals surface area contributed by atoms with Crippen LogP contribution < -0.4 is 0 Å². The quantitative estimate of drug-likeness (QED) is 0.0724. The van der Waals surface area contributed by atoms with Crippen molar-refractivity contribution in [1.82, 2.24) is 34.9 Å². The maximum atomic E-state index is 7.19. The van der Waals surface area contributed by atoms with Crippen LogP contribution in [0, 0.1) is 0 Å². The third kappa shape index (κ3) is 12.9. The molecule has 0 radical (unpaired) electrons. The van der Waals surface area contributed by atoms with Gasteiger partial charge in [-0.05, 0) is 118 Å². The SMILES string of the molecule is C=C(N=C(N=C(C)c1ccccc1)c1cccc2oc3ccc(-c4ccc(-c5nc(-c6ccccc6)c6sc7ccccc7c6n5)cc4)cc3c12)c1cccc(-c2ccc(-c3ccc(-c4nc(-c5ccccc5)nc(-c5ccccc5)n4)c4c3oc3ccc(-c5cccc(-c6nc(-c7ccccc7)c7sc8ccccc8c7n6)c5)cc34)cc2)c1. The van der Waals surface area contributed by atoms with Crippen LogP contribution in [0.2, 0.25) is 0 Å². The second-order valence-electron chi connectivity index (χ2n) is 29.5. The lowest BCUT2D eigenvalue weighted by atomic mass is 9.95. The average Bonchev–Trinajstić information content (AvgIpc) is 1.60. The van der Waals surface area contributed by atoms with Crippen LogP contribution in [-0.2, 0) is 0 Å². The van der Waals surface area contributed by atoms with Crippen LogP contribution in [0.1, 0.15) is 23.6 Å². The third-order valence-electron chi connectivity index (χ3n) is 22.2. The maximum Gasteiger partial charge on any atom is 0.164 e. The maximum absolute atomic E-state index is 7.19. The van der Waals surface area contributed by atoms with E-state index in [-0.39, 0.29) is 0 Å². The van der Waals surface area contributed by atoms with Crippen molar-refractivity contribution in [2.45, 2.75) is 6.92 Å². The molecule has 0 saturated heterocycles. The van der Waals surface area contributed by atoms with E-state index in [2.05, 4.69) is 267 Å². The summed E-state index contributed by atoms with van der Waals surface area (Å²) in [5.74, 6) is 3.48. The van der Waals surface area contributed by atoms with Gasteiger partial charge in [-0.3, -0.25) is 0 Å². The first-order chi connectivity index (χ1) is 58.7. The van der Waals surface area contributed by atoms with Crippen LogP contribution in [-0.4, -0.2) is 46.4 Å². The molecule has 13 heteroatoms. The Balaban J connectivity index is 0.616. The standard InChI is InChI=1S/C106H65N9O2S2/c1-63(65-25-8-3-9-26-65)107-105(83-41-24-42-89-92(83)85-61-77(53-57-87(85)116-89)67-47-51-73(52-48-67)101-109-94(69-27-10-4-11-28-69)99-96(111-101)81-39-18-20-43-90(81)118-99)108-64(2)74-35-22-36-75(59-74)66-45-49-68(50-46-66)80-55-56-84(106-114-102(71-31-14-6-15-32-71)113-103(115-106)72-33-16-7-17-34-72)93-86-62-78(54-58-88(86)117-98(80)93)76-37-23-38-79(60-76)104-110-95(70-29-12-5-13-30-70)100-97(112-104)82-40-19-21-44-91(82)119-100/h3-62H,2H2,1H3. The molecule has 0 unspecified atom stereocenters. The molecular weight excluding hydrogens is 1500 g/mol. The molecule has 22 rings (SSSR count). The first-order valence-electron chi connectivity index (χ1n) is 39.4. The Morgan fingerprint density at radius 2 is 0.706 bits per heavy atom. The molecule has 119 heavy (non-hydrogen) atoms. The Kier molecular flexibility index (Phi) is 17.4. The predicted molar refractivity (Wildman–Crippen MR) is 492 cm³/mol. The Morgan fingerprint density at radius 3 is 1.31 bits per heavy atom. The molecule has 0 atom stereocenters. The van der Waals surface area contributed by atoms with E-state index in [0.29, 0.717) is 51.8 Å². The molecule has 0 N–H and O–H groups in total. The lowest BCUT2D eigenvalue weighted by molar-refractivity contribution is 0.669. The number of nitrogens with zero attached hydrogens (tertiary/aromatic N) is 9. The van der Waals surface area contributed by atoms with Crippen molar-refractivity contribution < 1.29 is 8.83 Å². The van der Waals surface area contributed by atoms with Crippen molar-refractivity contribution in [1.29, 1.82) is 0 Å². The van der Waals surface area contributed by atoms with E-state index in [1.807, 2.05) is 110 Å².